The summed E-state index contributed by atoms with van der Waals surface area (Å²) in [6.07, 6.45) is 10.1. The van der Waals surface area contributed by atoms with Crippen molar-refractivity contribution < 1.29 is 18.3 Å². The molecule has 2 aliphatic rings. The first-order valence-corrected chi connectivity index (χ1v) is 11.3. The largest absolute Gasteiger partial charge is 0.481 e. The van der Waals surface area contributed by atoms with Crippen LogP contribution in [0.5, 0.6) is 0 Å². The molecule has 1 aromatic rings. The first kappa shape index (κ1) is 20.1. The highest BCUT2D eigenvalue weighted by Gasteiger charge is 2.46. The average molecular weight is 392 g/mol. The fourth-order valence-corrected chi connectivity index (χ4v) is 5.95. The van der Waals surface area contributed by atoms with Gasteiger partial charge in [0, 0.05) is 12.5 Å². The van der Waals surface area contributed by atoms with Gasteiger partial charge in [-0.15, -0.1) is 0 Å². The van der Waals surface area contributed by atoms with Gasteiger partial charge in [0.05, 0.1) is 4.90 Å². The van der Waals surface area contributed by atoms with Crippen molar-refractivity contribution in [2.75, 3.05) is 0 Å². The van der Waals surface area contributed by atoms with E-state index in [2.05, 4.69) is 16.9 Å². The summed E-state index contributed by atoms with van der Waals surface area (Å²) in [6, 6.07) is 7.02. The van der Waals surface area contributed by atoms with E-state index in [4.69, 9.17) is 5.11 Å². The zero-order valence-corrected chi connectivity index (χ0v) is 16.6. The highest BCUT2D eigenvalue weighted by molar-refractivity contribution is 7.89. The Morgan fingerprint density at radius 2 is 1.93 bits per heavy atom. The summed E-state index contributed by atoms with van der Waals surface area (Å²) in [7, 11) is -3.47. The molecule has 3 rings (SSSR count). The van der Waals surface area contributed by atoms with Gasteiger partial charge in [0.1, 0.15) is 0 Å². The molecule has 0 heterocycles. The molecule has 0 aliphatic heterocycles. The molecule has 148 valence electrons. The predicted molar refractivity (Wildman–Crippen MR) is 105 cm³/mol. The third-order valence-electron chi connectivity index (χ3n) is 5.96. The van der Waals surface area contributed by atoms with Crippen molar-refractivity contribution in [1.82, 2.24) is 4.72 Å². The van der Waals surface area contributed by atoms with E-state index >= 15 is 0 Å². The van der Waals surface area contributed by atoms with Crippen LogP contribution in [-0.4, -0.2) is 25.5 Å². The predicted octanol–water partition coefficient (Wildman–Crippen LogP) is 3.89. The fourth-order valence-electron chi connectivity index (χ4n) is 4.65. The van der Waals surface area contributed by atoms with E-state index in [1.807, 2.05) is 19.1 Å². The molecule has 0 aromatic heterocycles. The smallest absolute Gasteiger partial charge is 0.303 e. The molecule has 0 spiro atoms. The van der Waals surface area contributed by atoms with Gasteiger partial charge >= 0.3 is 5.97 Å². The number of carboxylic acid groups (broad SMARTS) is 1. The third-order valence-corrected chi connectivity index (χ3v) is 7.46. The standard InChI is InChI=1S/C21H29NO4S/c1-15-8-10-18(11-9-15)27(25,26)22-20-14-16-12-17(19(20)13-16)6-4-2-3-5-7-21(23)24/h2,4,8-11,16-17,19-20,22H,3,5-7,12-14H2,1H3,(H,23,24)/b4-2-/t16-,17+,19-,20+/m1/s1. The second-order valence-corrected chi connectivity index (χ2v) is 9.74. The number of unbranched alkanes of at least 4 members (excludes halogenated alkanes) is 1. The number of sulfonamides is 1. The van der Waals surface area contributed by atoms with E-state index in [0.717, 1.165) is 31.2 Å². The molecule has 2 bridgehead atoms. The van der Waals surface area contributed by atoms with Gasteiger partial charge in [-0.05, 0) is 75.3 Å². The maximum atomic E-state index is 12.7. The molecule has 27 heavy (non-hydrogen) atoms. The summed E-state index contributed by atoms with van der Waals surface area (Å²) in [6.45, 7) is 1.94. The number of hydrogen-bond donors (Lipinski definition) is 2. The Kier molecular flexibility index (Phi) is 6.37. The van der Waals surface area contributed by atoms with Crippen LogP contribution in [0.2, 0.25) is 0 Å². The number of aryl methyl sites for hydroxylation is 1. The van der Waals surface area contributed by atoms with Crippen LogP contribution in [0.1, 0.15) is 50.5 Å². The van der Waals surface area contributed by atoms with Gasteiger partial charge in [-0.3, -0.25) is 4.79 Å². The molecular formula is C21H29NO4S. The summed E-state index contributed by atoms with van der Waals surface area (Å²) in [5.74, 6) is 0.787. The molecule has 1 aromatic carbocycles. The summed E-state index contributed by atoms with van der Waals surface area (Å²) in [5, 5.41) is 8.65. The molecular weight excluding hydrogens is 362 g/mol. The van der Waals surface area contributed by atoms with Gasteiger partial charge in [-0.2, -0.15) is 0 Å². The number of rotatable bonds is 9. The number of carboxylic acids is 1. The van der Waals surface area contributed by atoms with Gasteiger partial charge in [0.15, 0.2) is 0 Å². The highest BCUT2D eigenvalue weighted by atomic mass is 32.2. The molecule has 0 radical (unpaired) electrons. The van der Waals surface area contributed by atoms with E-state index in [0.29, 0.717) is 29.1 Å². The van der Waals surface area contributed by atoms with Gasteiger partial charge in [0.2, 0.25) is 10.0 Å². The molecule has 0 amide bonds. The summed E-state index contributed by atoms with van der Waals surface area (Å²) >= 11 is 0. The Balaban J connectivity index is 1.53. The molecule has 2 saturated carbocycles. The number of nitrogens with one attached hydrogen (secondary N) is 1. The lowest BCUT2D eigenvalue weighted by atomic mass is 9.83. The second kappa shape index (κ2) is 8.57. The number of allylic oxidation sites excluding steroid dienone is 2. The van der Waals surface area contributed by atoms with Crippen molar-refractivity contribution in [2.45, 2.75) is 62.8 Å². The second-order valence-electron chi connectivity index (χ2n) is 8.03. The van der Waals surface area contributed by atoms with E-state index in [9.17, 15) is 13.2 Å². The average Bonchev–Trinajstić information content (AvgIpc) is 3.17. The van der Waals surface area contributed by atoms with E-state index in [1.54, 1.807) is 12.1 Å². The molecule has 6 heteroatoms. The molecule has 5 nitrogen and oxygen atoms in total. The number of hydrogen-bond acceptors (Lipinski definition) is 3. The van der Waals surface area contributed by atoms with E-state index in [-0.39, 0.29) is 12.5 Å². The summed E-state index contributed by atoms with van der Waals surface area (Å²) in [4.78, 5) is 10.9. The molecule has 0 unspecified atom stereocenters. The molecule has 2 fully saturated rings. The Morgan fingerprint density at radius 3 is 2.59 bits per heavy atom. The van der Waals surface area contributed by atoms with Crippen LogP contribution in [0.4, 0.5) is 0 Å². The highest BCUT2D eigenvalue weighted by Crippen LogP contribution is 2.50. The van der Waals surface area contributed by atoms with E-state index < -0.39 is 16.0 Å². The Labute approximate surface area is 161 Å². The molecule has 4 atom stereocenters. The first-order chi connectivity index (χ1) is 12.8. The van der Waals surface area contributed by atoms with Gasteiger partial charge < -0.3 is 5.11 Å². The number of carbonyl (C=O) groups is 1. The van der Waals surface area contributed by atoms with Gasteiger partial charge in [-0.25, -0.2) is 13.1 Å². The Bertz CT molecular complexity index is 785. The Hall–Kier alpha value is -1.66. The van der Waals surface area contributed by atoms with Crippen LogP contribution >= 0.6 is 0 Å². The van der Waals surface area contributed by atoms with Crippen LogP contribution in [-0.2, 0) is 14.8 Å². The zero-order chi connectivity index (χ0) is 19.4. The minimum atomic E-state index is -3.47. The number of aliphatic carboxylic acids is 1. The lowest BCUT2D eigenvalue weighted by molar-refractivity contribution is -0.137. The molecule has 0 saturated heterocycles. The van der Waals surface area contributed by atoms with Crippen LogP contribution < -0.4 is 4.72 Å². The van der Waals surface area contributed by atoms with Crippen molar-refractivity contribution in [3.8, 4) is 0 Å². The lowest BCUT2D eigenvalue weighted by Gasteiger charge is -2.29. The lowest BCUT2D eigenvalue weighted by Crippen LogP contribution is -2.41. The third kappa shape index (κ3) is 5.20. The van der Waals surface area contributed by atoms with Crippen LogP contribution in [0.3, 0.4) is 0 Å². The van der Waals surface area contributed by atoms with Crippen molar-refractivity contribution >= 4 is 16.0 Å². The minimum absolute atomic E-state index is 0.0282. The van der Waals surface area contributed by atoms with E-state index in [1.165, 1.54) is 6.42 Å². The van der Waals surface area contributed by atoms with Gasteiger partial charge in [0.25, 0.3) is 0 Å². The van der Waals surface area contributed by atoms with Crippen LogP contribution in [0.25, 0.3) is 0 Å². The topological polar surface area (TPSA) is 83.5 Å². The zero-order valence-electron chi connectivity index (χ0n) is 15.8. The maximum absolute atomic E-state index is 12.7. The normalized spacial score (nSPS) is 27.4. The quantitative estimate of drug-likeness (QED) is 0.494. The minimum Gasteiger partial charge on any atom is -0.481 e. The summed E-state index contributed by atoms with van der Waals surface area (Å²) < 4.78 is 28.4. The SMILES string of the molecule is Cc1ccc(S(=O)(=O)N[C@H]2C[C@@H]3C[C@H](C/C=C\CCCC(=O)O)[C@H]2C3)cc1. The fraction of sp³-hybridized carbons (Fsp3) is 0.571. The van der Waals surface area contributed by atoms with Gasteiger partial charge in [-0.1, -0.05) is 29.8 Å². The van der Waals surface area contributed by atoms with Crippen molar-refractivity contribution in [3.05, 3.63) is 42.0 Å². The first-order valence-electron chi connectivity index (χ1n) is 9.81. The summed E-state index contributed by atoms with van der Waals surface area (Å²) in [5.41, 5.74) is 1.05. The monoisotopic (exact) mass is 391 g/mol. The van der Waals surface area contributed by atoms with Crippen LogP contribution in [0.15, 0.2) is 41.3 Å². The molecule has 2 N–H and O–H groups in total. The van der Waals surface area contributed by atoms with Crippen molar-refractivity contribution in [1.29, 1.82) is 0 Å². The van der Waals surface area contributed by atoms with Crippen molar-refractivity contribution in [3.63, 3.8) is 0 Å². The maximum Gasteiger partial charge on any atom is 0.303 e. The number of benzene rings is 1. The number of fused-ring (bicyclic) bond motifs is 2. The van der Waals surface area contributed by atoms with Crippen LogP contribution in [0, 0.1) is 24.7 Å². The molecule has 2 aliphatic carbocycles. The van der Waals surface area contributed by atoms with Crippen molar-refractivity contribution in [2.24, 2.45) is 17.8 Å². The Morgan fingerprint density at radius 1 is 1.19 bits per heavy atom.